The molecule has 2 aliphatic rings. The fourth-order valence-corrected chi connectivity index (χ4v) is 4.92. The van der Waals surface area contributed by atoms with Crippen LogP contribution in [0.5, 0.6) is 28.7 Å². The smallest absolute Gasteiger partial charge is 0.231 e. The molecular formula is C26H20Br2N2O5. The van der Waals surface area contributed by atoms with Crippen LogP contribution in [0.15, 0.2) is 68.9 Å². The molecule has 3 aromatic rings. The summed E-state index contributed by atoms with van der Waals surface area (Å²) in [6.07, 6.45) is 0. The number of fused-ring (bicyclic) bond motifs is 2. The predicted octanol–water partition coefficient (Wildman–Crippen LogP) is 6.14. The van der Waals surface area contributed by atoms with Gasteiger partial charge in [0.1, 0.15) is 24.0 Å². The number of nitrogens with two attached hydrogens (primary N) is 1. The van der Waals surface area contributed by atoms with E-state index in [1.807, 2.05) is 49.4 Å². The Kier molecular flexibility index (Phi) is 6.50. The first-order chi connectivity index (χ1) is 17.0. The molecule has 0 fully saturated rings. The molecule has 0 aliphatic carbocycles. The largest absolute Gasteiger partial charge is 0.490 e. The molecule has 1 atom stereocenters. The molecule has 0 saturated carbocycles. The second kappa shape index (κ2) is 9.72. The lowest BCUT2D eigenvalue weighted by Crippen LogP contribution is -2.21. The fraction of sp³-hybridized carbons (Fsp3) is 0.192. The van der Waals surface area contributed by atoms with Gasteiger partial charge in [0.2, 0.25) is 12.7 Å². The molecule has 35 heavy (non-hydrogen) atoms. The van der Waals surface area contributed by atoms with Gasteiger partial charge < -0.3 is 29.4 Å². The zero-order chi connectivity index (χ0) is 24.5. The third kappa shape index (κ3) is 4.51. The molecule has 0 bridgehead atoms. The third-order valence-corrected chi connectivity index (χ3v) is 6.79. The maximum Gasteiger partial charge on any atom is 0.231 e. The van der Waals surface area contributed by atoms with Gasteiger partial charge in [-0.2, -0.15) is 5.26 Å². The van der Waals surface area contributed by atoms with E-state index in [1.54, 1.807) is 6.07 Å². The molecule has 2 aliphatic heterocycles. The highest BCUT2D eigenvalue weighted by molar-refractivity contribution is 9.10. The molecule has 7 nitrogen and oxygen atoms in total. The number of rotatable bonds is 6. The minimum Gasteiger partial charge on any atom is -0.490 e. The lowest BCUT2D eigenvalue weighted by molar-refractivity contribution is 0.174. The molecule has 0 unspecified atom stereocenters. The van der Waals surface area contributed by atoms with Crippen LogP contribution in [-0.4, -0.2) is 13.4 Å². The van der Waals surface area contributed by atoms with Gasteiger partial charge in [-0.05, 0) is 64.3 Å². The highest BCUT2D eigenvalue weighted by Crippen LogP contribution is 2.50. The van der Waals surface area contributed by atoms with Crippen molar-refractivity contribution < 1.29 is 23.7 Å². The Hall–Kier alpha value is -3.35. The van der Waals surface area contributed by atoms with Crippen LogP contribution in [0.3, 0.4) is 0 Å². The first-order valence-corrected chi connectivity index (χ1v) is 12.4. The van der Waals surface area contributed by atoms with Crippen molar-refractivity contribution in [2.24, 2.45) is 5.73 Å². The van der Waals surface area contributed by atoms with E-state index in [0.717, 1.165) is 21.2 Å². The van der Waals surface area contributed by atoms with Crippen molar-refractivity contribution in [3.63, 3.8) is 0 Å². The number of ether oxygens (including phenoxy) is 5. The standard InChI is InChI=1S/C26H20Br2N2O5/c1-2-31-23-8-15(7-19(28)25(23)32-12-14-3-5-16(27)6-4-14)24-17-9-21-22(34-13-33-21)10-20(17)35-26(30)18(24)11-29/h3-10,24H,2,12-13,30H2,1H3/t24-/m1/s1. The molecule has 2 heterocycles. The van der Waals surface area contributed by atoms with Gasteiger partial charge in [0.25, 0.3) is 0 Å². The van der Waals surface area contributed by atoms with Crippen molar-refractivity contribution in [1.29, 1.82) is 5.26 Å². The van der Waals surface area contributed by atoms with Crippen LogP contribution in [0.4, 0.5) is 0 Å². The van der Waals surface area contributed by atoms with Crippen LogP contribution in [-0.2, 0) is 6.61 Å². The van der Waals surface area contributed by atoms with E-state index < -0.39 is 5.92 Å². The van der Waals surface area contributed by atoms with Gasteiger partial charge in [0.15, 0.2) is 23.0 Å². The van der Waals surface area contributed by atoms with Crippen LogP contribution in [0.2, 0.25) is 0 Å². The van der Waals surface area contributed by atoms with Gasteiger partial charge in [-0.15, -0.1) is 0 Å². The number of allylic oxidation sites excluding steroid dienone is 1. The number of benzene rings is 3. The first-order valence-electron chi connectivity index (χ1n) is 10.8. The lowest BCUT2D eigenvalue weighted by atomic mass is 9.83. The van der Waals surface area contributed by atoms with Crippen molar-refractivity contribution in [2.75, 3.05) is 13.4 Å². The van der Waals surface area contributed by atoms with E-state index in [2.05, 4.69) is 37.9 Å². The summed E-state index contributed by atoms with van der Waals surface area (Å²) in [5.41, 5.74) is 9.01. The Bertz CT molecular complexity index is 1370. The van der Waals surface area contributed by atoms with Crippen LogP contribution < -0.4 is 29.4 Å². The number of hydrogen-bond acceptors (Lipinski definition) is 7. The van der Waals surface area contributed by atoms with Crippen LogP contribution >= 0.6 is 31.9 Å². The Morgan fingerprint density at radius 2 is 1.77 bits per heavy atom. The minimum atomic E-state index is -0.491. The van der Waals surface area contributed by atoms with Gasteiger partial charge in [-0.1, -0.05) is 28.1 Å². The summed E-state index contributed by atoms with van der Waals surface area (Å²) in [5, 5.41) is 9.94. The summed E-state index contributed by atoms with van der Waals surface area (Å²) in [5.74, 6) is 2.37. The number of hydrogen-bond donors (Lipinski definition) is 1. The third-order valence-electron chi connectivity index (χ3n) is 5.67. The SMILES string of the molecule is CCOc1cc([C@H]2C(C#N)=C(N)Oc3cc4c(cc32)OCO4)cc(Br)c1OCc1ccc(Br)cc1. The van der Waals surface area contributed by atoms with Gasteiger partial charge in [0, 0.05) is 16.1 Å². The Labute approximate surface area is 219 Å². The summed E-state index contributed by atoms with van der Waals surface area (Å²) in [4.78, 5) is 0. The highest BCUT2D eigenvalue weighted by atomic mass is 79.9. The summed E-state index contributed by atoms with van der Waals surface area (Å²) < 4.78 is 30.6. The minimum absolute atomic E-state index is 0.0495. The van der Waals surface area contributed by atoms with E-state index in [4.69, 9.17) is 29.4 Å². The molecule has 2 N–H and O–H groups in total. The van der Waals surface area contributed by atoms with Crippen LogP contribution in [0, 0.1) is 11.3 Å². The van der Waals surface area contributed by atoms with E-state index in [9.17, 15) is 5.26 Å². The Balaban J connectivity index is 1.56. The fourth-order valence-electron chi connectivity index (χ4n) is 4.08. The Morgan fingerprint density at radius 3 is 2.49 bits per heavy atom. The maximum absolute atomic E-state index is 9.94. The second-order valence-corrected chi connectivity index (χ2v) is 9.62. The van der Waals surface area contributed by atoms with Gasteiger partial charge >= 0.3 is 0 Å². The summed E-state index contributed by atoms with van der Waals surface area (Å²) in [6, 6.07) is 17.5. The number of halogens is 2. The molecule has 9 heteroatoms. The van der Waals surface area contributed by atoms with Gasteiger partial charge in [-0.3, -0.25) is 0 Å². The summed E-state index contributed by atoms with van der Waals surface area (Å²) in [6.45, 7) is 2.84. The summed E-state index contributed by atoms with van der Waals surface area (Å²) in [7, 11) is 0. The predicted molar refractivity (Wildman–Crippen MR) is 136 cm³/mol. The van der Waals surface area contributed by atoms with Gasteiger partial charge in [0.05, 0.1) is 17.0 Å². The highest BCUT2D eigenvalue weighted by Gasteiger charge is 2.34. The molecule has 0 aromatic heterocycles. The lowest BCUT2D eigenvalue weighted by Gasteiger charge is -2.27. The van der Waals surface area contributed by atoms with Crippen LogP contribution in [0.25, 0.3) is 0 Å². The monoisotopic (exact) mass is 598 g/mol. The average Bonchev–Trinajstić information content (AvgIpc) is 3.30. The van der Waals surface area contributed by atoms with Crippen LogP contribution in [0.1, 0.15) is 29.5 Å². The summed E-state index contributed by atoms with van der Waals surface area (Å²) >= 11 is 7.09. The molecular weight excluding hydrogens is 580 g/mol. The topological polar surface area (TPSA) is 96.0 Å². The van der Waals surface area contributed by atoms with E-state index in [0.29, 0.717) is 52.0 Å². The van der Waals surface area contributed by atoms with E-state index in [1.165, 1.54) is 0 Å². The normalized spacial score (nSPS) is 15.8. The van der Waals surface area contributed by atoms with Crippen molar-refractivity contribution in [3.8, 4) is 34.8 Å². The molecule has 0 spiro atoms. The quantitative estimate of drug-likeness (QED) is 0.364. The number of nitriles is 1. The zero-order valence-electron chi connectivity index (χ0n) is 18.6. The molecule has 3 aromatic carbocycles. The average molecular weight is 600 g/mol. The second-order valence-electron chi connectivity index (χ2n) is 7.85. The van der Waals surface area contributed by atoms with E-state index in [-0.39, 0.29) is 12.7 Å². The van der Waals surface area contributed by atoms with Crippen molar-refractivity contribution in [2.45, 2.75) is 19.4 Å². The van der Waals surface area contributed by atoms with Gasteiger partial charge in [-0.25, -0.2) is 0 Å². The van der Waals surface area contributed by atoms with E-state index >= 15 is 0 Å². The van der Waals surface area contributed by atoms with Crippen molar-refractivity contribution in [3.05, 3.63) is 85.6 Å². The zero-order valence-corrected chi connectivity index (χ0v) is 21.8. The maximum atomic E-state index is 9.94. The first kappa shape index (κ1) is 23.4. The molecule has 5 rings (SSSR count). The number of nitrogens with zero attached hydrogens (tertiary/aromatic N) is 1. The Morgan fingerprint density at radius 1 is 1.03 bits per heavy atom. The molecule has 0 amide bonds. The van der Waals surface area contributed by atoms with Crippen molar-refractivity contribution in [1.82, 2.24) is 0 Å². The molecule has 0 radical (unpaired) electrons. The molecule has 0 saturated heterocycles. The molecule has 178 valence electrons. The van der Waals surface area contributed by atoms with Crippen molar-refractivity contribution >= 4 is 31.9 Å².